The molecule has 118 valence electrons. The van der Waals surface area contributed by atoms with E-state index in [0.717, 1.165) is 29.9 Å². The zero-order valence-corrected chi connectivity index (χ0v) is 16.6. The minimum absolute atomic E-state index is 0.956. The van der Waals surface area contributed by atoms with Gasteiger partial charge in [-0.25, -0.2) is 0 Å². The summed E-state index contributed by atoms with van der Waals surface area (Å²) in [7, 11) is -3.28. The third-order valence-corrected chi connectivity index (χ3v) is 4.27. The molecule has 0 saturated carbocycles. The van der Waals surface area contributed by atoms with Gasteiger partial charge in [0.1, 0.15) is 11.5 Å². The molecular formula is C17H30O2Si2. The Balaban J connectivity index is 3.18. The molecule has 1 aromatic carbocycles. The molecule has 0 bridgehead atoms. The van der Waals surface area contributed by atoms with Gasteiger partial charge in [0.15, 0.2) is 0 Å². The summed E-state index contributed by atoms with van der Waals surface area (Å²) in [5.41, 5.74) is 1.09. The largest absolute Gasteiger partial charge is 0.544 e. The summed E-state index contributed by atoms with van der Waals surface area (Å²) >= 11 is 0. The van der Waals surface area contributed by atoms with Crippen LogP contribution in [0.3, 0.4) is 0 Å². The second-order valence-corrected chi connectivity index (χ2v) is 16.1. The standard InChI is InChI=1S/C17H30O2Si2/c1-8-9-13-16(18-20(2,3)4)15-12-10-11-14-17(15)19-21(5,6)7/h10-14H,8-9H2,1-7H3/b16-13-. The maximum Gasteiger partial charge on any atom is 0.242 e. The first kappa shape index (κ1) is 18.0. The Morgan fingerprint density at radius 1 is 1.00 bits per heavy atom. The second kappa shape index (κ2) is 7.32. The Morgan fingerprint density at radius 2 is 1.62 bits per heavy atom. The highest BCUT2D eigenvalue weighted by molar-refractivity contribution is 6.71. The Kier molecular flexibility index (Phi) is 6.29. The van der Waals surface area contributed by atoms with E-state index >= 15 is 0 Å². The average Bonchev–Trinajstić information content (AvgIpc) is 2.32. The first-order valence-electron chi connectivity index (χ1n) is 7.80. The van der Waals surface area contributed by atoms with E-state index in [-0.39, 0.29) is 0 Å². The van der Waals surface area contributed by atoms with Crippen LogP contribution in [0.25, 0.3) is 5.76 Å². The van der Waals surface area contributed by atoms with Gasteiger partial charge in [-0.15, -0.1) is 0 Å². The van der Waals surface area contributed by atoms with E-state index in [0.29, 0.717) is 0 Å². The van der Waals surface area contributed by atoms with Crippen molar-refractivity contribution in [2.24, 2.45) is 0 Å². The molecule has 0 aliphatic carbocycles. The van der Waals surface area contributed by atoms with Crippen LogP contribution in [-0.2, 0) is 4.43 Å². The summed E-state index contributed by atoms with van der Waals surface area (Å²) in [4.78, 5) is 0. The van der Waals surface area contributed by atoms with Gasteiger partial charge in [-0.3, -0.25) is 0 Å². The lowest BCUT2D eigenvalue weighted by Gasteiger charge is -2.26. The van der Waals surface area contributed by atoms with Gasteiger partial charge in [-0.2, -0.15) is 0 Å². The molecule has 0 atom stereocenters. The predicted molar refractivity (Wildman–Crippen MR) is 97.7 cm³/mol. The molecule has 1 aromatic rings. The van der Waals surface area contributed by atoms with Crippen molar-refractivity contribution in [3.63, 3.8) is 0 Å². The summed E-state index contributed by atoms with van der Waals surface area (Å²) in [6.45, 7) is 15.5. The van der Waals surface area contributed by atoms with Gasteiger partial charge in [0.25, 0.3) is 0 Å². The van der Waals surface area contributed by atoms with Crippen molar-refractivity contribution < 1.29 is 8.85 Å². The molecule has 0 amide bonds. The third kappa shape index (κ3) is 7.00. The molecule has 1 rings (SSSR count). The van der Waals surface area contributed by atoms with Crippen molar-refractivity contribution in [1.29, 1.82) is 0 Å². The van der Waals surface area contributed by atoms with Crippen molar-refractivity contribution in [1.82, 2.24) is 0 Å². The van der Waals surface area contributed by atoms with Crippen LogP contribution < -0.4 is 4.43 Å². The summed E-state index contributed by atoms with van der Waals surface area (Å²) in [6, 6.07) is 8.25. The molecule has 4 heteroatoms. The molecule has 21 heavy (non-hydrogen) atoms. The van der Waals surface area contributed by atoms with Gasteiger partial charge in [0.05, 0.1) is 5.56 Å². The molecule has 0 aromatic heterocycles. The molecule has 0 aliphatic rings. The lowest BCUT2D eigenvalue weighted by atomic mass is 10.1. The quantitative estimate of drug-likeness (QED) is 0.460. The number of allylic oxidation sites excluding steroid dienone is 1. The summed E-state index contributed by atoms with van der Waals surface area (Å²) < 4.78 is 12.6. The maximum absolute atomic E-state index is 6.32. The van der Waals surface area contributed by atoms with Gasteiger partial charge in [-0.05, 0) is 63.9 Å². The number of hydrogen-bond donors (Lipinski definition) is 0. The van der Waals surface area contributed by atoms with Crippen molar-refractivity contribution >= 4 is 22.4 Å². The molecule has 0 unspecified atom stereocenters. The molecule has 0 radical (unpaired) electrons. The number of hydrogen-bond acceptors (Lipinski definition) is 2. The van der Waals surface area contributed by atoms with Crippen LogP contribution >= 0.6 is 0 Å². The van der Waals surface area contributed by atoms with Crippen molar-refractivity contribution in [2.75, 3.05) is 0 Å². The van der Waals surface area contributed by atoms with Crippen LogP contribution in [0.5, 0.6) is 5.75 Å². The fraction of sp³-hybridized carbons (Fsp3) is 0.529. The first-order valence-corrected chi connectivity index (χ1v) is 14.6. The molecular weight excluding hydrogens is 292 g/mol. The van der Waals surface area contributed by atoms with Crippen LogP contribution in [-0.4, -0.2) is 16.6 Å². The molecule has 0 saturated heterocycles. The highest BCUT2D eigenvalue weighted by atomic mass is 28.4. The van der Waals surface area contributed by atoms with E-state index in [2.05, 4.69) is 70.5 Å². The smallest absolute Gasteiger partial charge is 0.242 e. The normalized spacial score (nSPS) is 13.2. The lowest BCUT2D eigenvalue weighted by Crippen LogP contribution is -2.30. The highest BCUT2D eigenvalue weighted by Crippen LogP contribution is 2.31. The van der Waals surface area contributed by atoms with Crippen LogP contribution in [0.1, 0.15) is 25.3 Å². The van der Waals surface area contributed by atoms with Crippen LogP contribution in [0.2, 0.25) is 39.3 Å². The van der Waals surface area contributed by atoms with Gasteiger partial charge in [0, 0.05) is 0 Å². The summed E-state index contributed by atoms with van der Waals surface area (Å²) in [5.74, 6) is 1.95. The first-order chi connectivity index (χ1) is 9.62. The summed E-state index contributed by atoms with van der Waals surface area (Å²) in [6.07, 6.45) is 4.36. The minimum Gasteiger partial charge on any atom is -0.544 e. The number of rotatable bonds is 7. The van der Waals surface area contributed by atoms with Gasteiger partial charge in [-0.1, -0.05) is 25.5 Å². The second-order valence-electron chi connectivity index (χ2n) is 7.28. The van der Waals surface area contributed by atoms with Crippen LogP contribution in [0.4, 0.5) is 0 Å². The monoisotopic (exact) mass is 322 g/mol. The molecule has 0 N–H and O–H groups in total. The fourth-order valence-corrected chi connectivity index (χ4v) is 3.59. The van der Waals surface area contributed by atoms with E-state index in [1.165, 1.54) is 0 Å². The Hall–Kier alpha value is -1.01. The van der Waals surface area contributed by atoms with E-state index in [1.54, 1.807) is 0 Å². The Morgan fingerprint density at radius 3 is 2.14 bits per heavy atom. The number of para-hydroxylation sites is 1. The average molecular weight is 323 g/mol. The predicted octanol–water partition coefficient (Wildman–Crippen LogP) is 5.89. The SMILES string of the molecule is CCC/C=C(\O[Si](C)(C)C)c1ccccc1O[Si](C)(C)C. The highest BCUT2D eigenvalue weighted by Gasteiger charge is 2.23. The number of unbranched alkanes of at least 4 members (excludes halogenated alkanes) is 1. The Bertz CT molecular complexity index is 482. The number of benzene rings is 1. The van der Waals surface area contributed by atoms with E-state index in [1.807, 2.05) is 6.07 Å². The summed E-state index contributed by atoms with van der Waals surface area (Å²) in [5, 5.41) is 0. The van der Waals surface area contributed by atoms with Crippen LogP contribution in [0, 0.1) is 0 Å². The van der Waals surface area contributed by atoms with E-state index < -0.39 is 16.6 Å². The Labute approximate surface area is 132 Å². The zero-order chi connectivity index (χ0) is 16.1. The molecule has 0 fully saturated rings. The molecule has 0 spiro atoms. The molecule has 0 aliphatic heterocycles. The minimum atomic E-state index is -1.65. The van der Waals surface area contributed by atoms with Gasteiger partial charge < -0.3 is 8.85 Å². The van der Waals surface area contributed by atoms with E-state index in [4.69, 9.17) is 8.85 Å². The van der Waals surface area contributed by atoms with Gasteiger partial charge in [0.2, 0.25) is 16.6 Å². The maximum atomic E-state index is 6.32. The van der Waals surface area contributed by atoms with Crippen molar-refractivity contribution in [3.8, 4) is 5.75 Å². The van der Waals surface area contributed by atoms with Crippen LogP contribution in [0.15, 0.2) is 30.3 Å². The topological polar surface area (TPSA) is 18.5 Å². The van der Waals surface area contributed by atoms with Crippen molar-refractivity contribution in [2.45, 2.75) is 59.0 Å². The van der Waals surface area contributed by atoms with Crippen molar-refractivity contribution in [3.05, 3.63) is 35.9 Å². The third-order valence-electron chi connectivity index (χ3n) is 2.60. The molecule has 2 nitrogen and oxygen atoms in total. The lowest BCUT2D eigenvalue weighted by molar-refractivity contribution is 0.501. The van der Waals surface area contributed by atoms with E-state index in [9.17, 15) is 0 Å². The molecule has 0 heterocycles. The van der Waals surface area contributed by atoms with Gasteiger partial charge >= 0.3 is 0 Å². The zero-order valence-electron chi connectivity index (χ0n) is 14.6. The fourth-order valence-electron chi connectivity index (χ4n) is 1.90.